The van der Waals surface area contributed by atoms with Crippen molar-refractivity contribution < 1.29 is 21.6 Å². The number of ether oxygens (including phenoxy) is 1. The topological polar surface area (TPSA) is 84.0 Å². The average molecular weight is 473 g/mol. The van der Waals surface area contributed by atoms with Gasteiger partial charge in [0.15, 0.2) is 9.84 Å². The highest BCUT2D eigenvalue weighted by Crippen LogP contribution is 2.28. The van der Waals surface area contributed by atoms with E-state index >= 15 is 0 Å². The van der Waals surface area contributed by atoms with Gasteiger partial charge in [-0.15, -0.1) is 11.3 Å². The first-order valence-electron chi connectivity index (χ1n) is 9.78. The van der Waals surface area contributed by atoms with Gasteiger partial charge in [0.05, 0.1) is 11.5 Å². The second-order valence-electron chi connectivity index (χ2n) is 7.43. The summed E-state index contributed by atoms with van der Waals surface area (Å²) in [4.78, 5) is 2.54. The number of methoxy groups -OCH3 is 1. The van der Waals surface area contributed by atoms with Crippen LogP contribution in [0.4, 0.5) is 0 Å². The van der Waals surface area contributed by atoms with Gasteiger partial charge in [-0.2, -0.15) is 4.31 Å². The molecule has 10 heteroatoms. The number of thiophene rings is 1. The molecule has 0 bridgehead atoms. The van der Waals surface area contributed by atoms with Crippen molar-refractivity contribution in [3.63, 3.8) is 0 Å². The van der Waals surface area contributed by atoms with Gasteiger partial charge in [0.2, 0.25) is 0 Å². The van der Waals surface area contributed by atoms with Crippen LogP contribution < -0.4 is 0 Å². The quantitative estimate of drug-likeness (QED) is 0.557. The van der Waals surface area contributed by atoms with Gasteiger partial charge in [0.1, 0.15) is 4.21 Å². The van der Waals surface area contributed by atoms with Crippen LogP contribution in [0.3, 0.4) is 0 Å². The lowest BCUT2D eigenvalue weighted by Crippen LogP contribution is -2.48. The molecule has 1 aromatic heterocycles. The molecule has 0 aliphatic carbocycles. The first-order chi connectivity index (χ1) is 14.2. The van der Waals surface area contributed by atoms with E-state index in [4.69, 9.17) is 4.74 Å². The van der Waals surface area contributed by atoms with Crippen LogP contribution in [0.25, 0.3) is 0 Å². The van der Waals surface area contributed by atoms with Crippen molar-refractivity contribution in [1.82, 2.24) is 9.21 Å². The van der Waals surface area contributed by atoms with Gasteiger partial charge in [0, 0.05) is 45.6 Å². The van der Waals surface area contributed by atoms with Crippen LogP contribution in [0.1, 0.15) is 18.4 Å². The van der Waals surface area contributed by atoms with Crippen LogP contribution in [0.5, 0.6) is 0 Å². The largest absolute Gasteiger partial charge is 0.383 e. The fraction of sp³-hybridized carbons (Fsp3) is 0.500. The molecule has 0 N–H and O–H groups in total. The summed E-state index contributed by atoms with van der Waals surface area (Å²) in [7, 11) is -5.28. The number of likely N-dealkylation sites (tertiary alicyclic amines) is 1. The summed E-state index contributed by atoms with van der Waals surface area (Å²) in [5.74, 6) is 0. The zero-order valence-electron chi connectivity index (χ0n) is 17.2. The van der Waals surface area contributed by atoms with Gasteiger partial charge in [-0.1, -0.05) is 24.3 Å². The average Bonchev–Trinajstić information content (AvgIpc) is 3.25. The number of rotatable bonds is 9. The van der Waals surface area contributed by atoms with Crippen molar-refractivity contribution in [2.24, 2.45) is 0 Å². The summed E-state index contributed by atoms with van der Waals surface area (Å²) in [5, 5.41) is 1.77. The van der Waals surface area contributed by atoms with Crippen LogP contribution in [0, 0.1) is 0 Å². The third-order valence-electron chi connectivity index (χ3n) is 5.30. The van der Waals surface area contributed by atoms with Crippen LogP contribution in [0.2, 0.25) is 0 Å². The van der Waals surface area contributed by atoms with Gasteiger partial charge in [0.25, 0.3) is 10.0 Å². The molecule has 2 aromatic rings. The molecule has 2 heterocycles. The highest BCUT2D eigenvalue weighted by Gasteiger charge is 2.34. The van der Waals surface area contributed by atoms with Gasteiger partial charge in [-0.25, -0.2) is 16.8 Å². The second kappa shape index (κ2) is 9.88. The molecule has 0 atom stereocenters. The Morgan fingerprint density at radius 1 is 1.10 bits per heavy atom. The van der Waals surface area contributed by atoms with E-state index in [-0.39, 0.29) is 6.04 Å². The molecule has 30 heavy (non-hydrogen) atoms. The fourth-order valence-electron chi connectivity index (χ4n) is 3.81. The van der Waals surface area contributed by atoms with E-state index in [1.165, 1.54) is 17.6 Å². The van der Waals surface area contributed by atoms with Crippen LogP contribution in [-0.2, 0) is 31.1 Å². The summed E-state index contributed by atoms with van der Waals surface area (Å²) in [6.07, 6.45) is 2.60. The predicted molar refractivity (Wildman–Crippen MR) is 118 cm³/mol. The number of sulfonamides is 1. The van der Waals surface area contributed by atoms with Gasteiger partial charge < -0.3 is 4.74 Å². The van der Waals surface area contributed by atoms with Gasteiger partial charge in [-0.05, 0) is 35.9 Å². The maximum Gasteiger partial charge on any atom is 0.252 e. The minimum absolute atomic E-state index is 0.103. The Hall–Kier alpha value is -1.30. The SMILES string of the molecule is COCCN(C1CCN(Cc2ccccc2S(C)(=O)=O)CC1)S(=O)(=O)c1cccs1. The molecule has 1 aromatic carbocycles. The summed E-state index contributed by atoms with van der Waals surface area (Å²) >= 11 is 1.22. The Balaban J connectivity index is 1.70. The molecule has 1 aliphatic rings. The number of sulfone groups is 1. The molecule has 0 amide bonds. The number of hydrogen-bond donors (Lipinski definition) is 0. The van der Waals surface area contributed by atoms with Crippen LogP contribution in [0.15, 0.2) is 50.9 Å². The van der Waals surface area contributed by atoms with E-state index in [1.54, 1.807) is 41.1 Å². The summed E-state index contributed by atoms with van der Waals surface area (Å²) in [6, 6.07) is 10.3. The Morgan fingerprint density at radius 3 is 2.40 bits per heavy atom. The molecule has 3 rings (SSSR count). The first kappa shape index (κ1) is 23.4. The molecule has 0 unspecified atom stereocenters. The summed E-state index contributed by atoms with van der Waals surface area (Å²) < 4.78 is 57.4. The molecule has 0 spiro atoms. The zero-order valence-corrected chi connectivity index (χ0v) is 19.7. The van der Waals surface area contributed by atoms with Crippen molar-refractivity contribution in [3.05, 3.63) is 47.3 Å². The minimum atomic E-state index is -3.56. The highest BCUT2D eigenvalue weighted by molar-refractivity contribution is 7.91. The van der Waals surface area contributed by atoms with Crippen molar-refractivity contribution in [2.45, 2.75) is 34.5 Å². The fourth-order valence-corrected chi connectivity index (χ4v) is 7.53. The standard InChI is InChI=1S/C20H28N2O5S3/c1-27-14-13-22(30(25,26)20-8-5-15-28-20)18-9-11-21(12-10-18)16-17-6-3-4-7-19(17)29(2,23)24/h3-8,15,18H,9-14,16H2,1-2H3. The molecule has 1 aliphatic heterocycles. The van der Waals surface area contributed by atoms with Crippen molar-refractivity contribution in [2.75, 3.05) is 39.6 Å². The lowest BCUT2D eigenvalue weighted by Gasteiger charge is -2.37. The van der Waals surface area contributed by atoms with Crippen molar-refractivity contribution in [3.8, 4) is 0 Å². The van der Waals surface area contributed by atoms with E-state index in [0.717, 1.165) is 5.56 Å². The normalized spacial score (nSPS) is 16.9. The Kier molecular flexibility index (Phi) is 7.70. The number of hydrogen-bond acceptors (Lipinski definition) is 7. The third-order valence-corrected chi connectivity index (χ3v) is 9.83. The molecule has 7 nitrogen and oxygen atoms in total. The van der Waals surface area contributed by atoms with Crippen LogP contribution >= 0.6 is 11.3 Å². The van der Waals surface area contributed by atoms with E-state index in [2.05, 4.69) is 4.90 Å². The number of benzene rings is 1. The van der Waals surface area contributed by atoms with E-state index in [1.807, 2.05) is 12.1 Å². The summed E-state index contributed by atoms with van der Waals surface area (Å²) in [5.41, 5.74) is 0.779. The predicted octanol–water partition coefficient (Wildman–Crippen LogP) is 2.45. The second-order valence-corrected chi connectivity index (χ2v) is 12.5. The molecule has 1 fully saturated rings. The lowest BCUT2D eigenvalue weighted by molar-refractivity contribution is 0.124. The lowest BCUT2D eigenvalue weighted by atomic mass is 10.0. The summed E-state index contributed by atoms with van der Waals surface area (Å²) in [6.45, 7) is 2.59. The number of nitrogens with zero attached hydrogens (tertiary/aromatic N) is 2. The van der Waals surface area contributed by atoms with Gasteiger partial charge in [-0.3, -0.25) is 4.90 Å². The molecule has 166 valence electrons. The van der Waals surface area contributed by atoms with Crippen molar-refractivity contribution in [1.29, 1.82) is 0 Å². The molecular formula is C20H28N2O5S3. The third kappa shape index (κ3) is 5.49. The minimum Gasteiger partial charge on any atom is -0.383 e. The maximum atomic E-state index is 13.1. The van der Waals surface area contributed by atoms with E-state index in [0.29, 0.717) is 54.7 Å². The van der Waals surface area contributed by atoms with Crippen molar-refractivity contribution >= 4 is 31.2 Å². The monoisotopic (exact) mass is 472 g/mol. The molecular weight excluding hydrogens is 444 g/mol. The Morgan fingerprint density at radius 2 is 1.80 bits per heavy atom. The van der Waals surface area contributed by atoms with Gasteiger partial charge >= 0.3 is 0 Å². The molecule has 1 saturated heterocycles. The van der Waals surface area contributed by atoms with Crippen LogP contribution in [-0.4, -0.2) is 71.7 Å². The molecule has 0 radical (unpaired) electrons. The highest BCUT2D eigenvalue weighted by atomic mass is 32.2. The maximum absolute atomic E-state index is 13.1. The molecule has 0 saturated carbocycles. The first-order valence-corrected chi connectivity index (χ1v) is 14.0. The smallest absolute Gasteiger partial charge is 0.252 e. The van der Waals surface area contributed by atoms with E-state index in [9.17, 15) is 16.8 Å². The van der Waals surface area contributed by atoms with E-state index < -0.39 is 19.9 Å². The Labute approximate surface area is 183 Å². The zero-order chi connectivity index (χ0) is 21.8. The number of piperidine rings is 1. The Bertz CT molecular complexity index is 1030.